The van der Waals surface area contributed by atoms with Gasteiger partial charge in [-0.15, -0.1) is 0 Å². The van der Waals surface area contributed by atoms with Gasteiger partial charge in [0.25, 0.3) is 0 Å². The predicted molar refractivity (Wildman–Crippen MR) is 71.6 cm³/mol. The fourth-order valence-corrected chi connectivity index (χ4v) is 2.17. The van der Waals surface area contributed by atoms with E-state index in [2.05, 4.69) is 6.92 Å². The van der Waals surface area contributed by atoms with Crippen LogP contribution in [0.15, 0.2) is 0 Å². The number of piperidine rings is 1. The minimum atomic E-state index is 0.174. The highest BCUT2D eigenvalue weighted by Crippen LogP contribution is 2.13. The molecule has 0 atom stereocenters. The second-order valence-corrected chi connectivity index (χ2v) is 4.90. The summed E-state index contributed by atoms with van der Waals surface area (Å²) in [5, 5.41) is 0. The van der Waals surface area contributed by atoms with Crippen LogP contribution in [-0.2, 0) is 14.3 Å². The highest BCUT2D eigenvalue weighted by molar-refractivity contribution is 5.73. The third-order valence-electron chi connectivity index (χ3n) is 3.36. The number of rotatable bonds is 8. The average Bonchev–Trinajstić information content (AvgIpc) is 2.38. The van der Waals surface area contributed by atoms with Gasteiger partial charge in [0.15, 0.2) is 0 Å². The summed E-state index contributed by atoms with van der Waals surface area (Å²) in [6, 6.07) is 0. The zero-order valence-electron chi connectivity index (χ0n) is 11.8. The molecule has 0 radical (unpaired) electrons. The molecule has 1 heterocycles. The largest absolute Gasteiger partial charge is 0.379 e. The quantitative estimate of drug-likeness (QED) is 0.626. The molecule has 18 heavy (non-hydrogen) atoms. The van der Waals surface area contributed by atoms with Gasteiger partial charge in [-0.05, 0) is 19.3 Å². The van der Waals surface area contributed by atoms with E-state index in [1.165, 1.54) is 12.8 Å². The average molecular weight is 257 g/mol. The molecule has 0 aliphatic carbocycles. The first kappa shape index (κ1) is 15.4. The van der Waals surface area contributed by atoms with Crippen LogP contribution in [0.2, 0.25) is 0 Å². The molecule has 0 saturated carbocycles. The number of amides is 1. The summed E-state index contributed by atoms with van der Waals surface area (Å²) in [4.78, 5) is 13.0. The summed E-state index contributed by atoms with van der Waals surface area (Å²) >= 11 is 0. The molecule has 1 fully saturated rings. The van der Waals surface area contributed by atoms with Crippen molar-refractivity contribution < 1.29 is 14.3 Å². The van der Waals surface area contributed by atoms with E-state index in [1.807, 2.05) is 4.90 Å². The van der Waals surface area contributed by atoms with Crippen molar-refractivity contribution in [3.63, 3.8) is 0 Å². The topological polar surface area (TPSA) is 38.8 Å². The molecule has 4 heteroatoms. The van der Waals surface area contributed by atoms with E-state index in [0.29, 0.717) is 19.3 Å². The minimum absolute atomic E-state index is 0.174. The Balaban J connectivity index is 1.93. The Hall–Kier alpha value is -0.610. The van der Waals surface area contributed by atoms with Crippen LogP contribution < -0.4 is 0 Å². The molecular weight excluding hydrogens is 230 g/mol. The van der Waals surface area contributed by atoms with Crippen LogP contribution in [0.1, 0.15) is 46.0 Å². The van der Waals surface area contributed by atoms with Crippen LogP contribution in [0.5, 0.6) is 0 Å². The monoisotopic (exact) mass is 257 g/mol. The molecule has 0 aromatic carbocycles. The second-order valence-electron chi connectivity index (χ2n) is 4.90. The summed E-state index contributed by atoms with van der Waals surface area (Å²) in [7, 11) is 0. The molecule has 4 nitrogen and oxygen atoms in total. The molecular formula is C14H27NO3. The van der Waals surface area contributed by atoms with Gasteiger partial charge >= 0.3 is 0 Å². The van der Waals surface area contributed by atoms with Crippen LogP contribution in [-0.4, -0.2) is 49.8 Å². The van der Waals surface area contributed by atoms with E-state index in [-0.39, 0.29) is 5.91 Å². The van der Waals surface area contributed by atoms with E-state index in [0.717, 1.165) is 39.0 Å². The van der Waals surface area contributed by atoms with Gasteiger partial charge in [0, 0.05) is 26.6 Å². The number of hydrogen-bond acceptors (Lipinski definition) is 3. The van der Waals surface area contributed by atoms with Gasteiger partial charge < -0.3 is 14.4 Å². The molecule has 1 amide bonds. The number of carbonyl (C=O) groups is 1. The Labute approximate surface area is 111 Å². The van der Waals surface area contributed by atoms with E-state index in [9.17, 15) is 4.79 Å². The van der Waals surface area contributed by atoms with Crippen LogP contribution in [0, 0.1) is 0 Å². The molecule has 0 N–H and O–H groups in total. The lowest BCUT2D eigenvalue weighted by atomic mass is 10.1. The zero-order valence-corrected chi connectivity index (χ0v) is 11.8. The maximum Gasteiger partial charge on any atom is 0.219 e. The third-order valence-corrected chi connectivity index (χ3v) is 3.36. The Morgan fingerprint density at radius 2 is 1.89 bits per heavy atom. The molecule has 1 aliphatic rings. The van der Waals surface area contributed by atoms with Gasteiger partial charge in [0.1, 0.15) is 0 Å². The normalized spacial score (nSPS) is 17.1. The molecule has 0 bridgehead atoms. The Bertz CT molecular complexity index is 225. The molecule has 1 saturated heterocycles. The number of ether oxygens (including phenoxy) is 2. The fraction of sp³-hybridized carbons (Fsp3) is 0.929. The predicted octanol–water partition coefficient (Wildman–Crippen LogP) is 2.22. The van der Waals surface area contributed by atoms with Gasteiger partial charge in [-0.2, -0.15) is 0 Å². The summed E-state index contributed by atoms with van der Waals surface area (Å²) < 4.78 is 11.3. The van der Waals surface area contributed by atoms with Crippen molar-refractivity contribution in [3.05, 3.63) is 0 Å². The van der Waals surface area contributed by atoms with Crippen molar-refractivity contribution in [2.45, 2.75) is 52.1 Å². The molecule has 0 aromatic heterocycles. The first-order valence-electron chi connectivity index (χ1n) is 7.19. The Morgan fingerprint density at radius 3 is 2.50 bits per heavy atom. The summed E-state index contributed by atoms with van der Waals surface area (Å²) in [6.07, 6.45) is 5.83. The zero-order chi connectivity index (χ0) is 13.2. The lowest BCUT2D eigenvalue weighted by Crippen LogP contribution is -2.39. The van der Waals surface area contributed by atoms with Crippen LogP contribution in [0.3, 0.4) is 0 Å². The van der Waals surface area contributed by atoms with Crippen molar-refractivity contribution in [2.24, 2.45) is 0 Å². The third kappa shape index (κ3) is 6.36. The highest BCUT2D eigenvalue weighted by Gasteiger charge is 2.20. The number of unbranched alkanes of at least 4 members (excludes halogenated alkanes) is 2. The smallest absolute Gasteiger partial charge is 0.219 e. The number of hydrogen-bond donors (Lipinski definition) is 0. The van der Waals surface area contributed by atoms with Crippen molar-refractivity contribution >= 4 is 5.91 Å². The van der Waals surface area contributed by atoms with Crippen LogP contribution in [0.25, 0.3) is 0 Å². The van der Waals surface area contributed by atoms with Crippen molar-refractivity contribution in [1.29, 1.82) is 0 Å². The Morgan fingerprint density at radius 1 is 1.17 bits per heavy atom. The molecule has 1 rings (SSSR count). The van der Waals surface area contributed by atoms with E-state index in [1.54, 1.807) is 6.92 Å². The lowest BCUT2D eigenvalue weighted by molar-refractivity contribution is -0.131. The van der Waals surface area contributed by atoms with E-state index in [4.69, 9.17) is 9.47 Å². The Kier molecular flexibility index (Phi) is 8.01. The number of carbonyl (C=O) groups excluding carboxylic acids is 1. The summed E-state index contributed by atoms with van der Waals surface area (Å²) in [6.45, 7) is 7.70. The van der Waals surface area contributed by atoms with Crippen molar-refractivity contribution in [2.75, 3.05) is 32.9 Å². The standard InChI is InChI=1S/C14H27NO3/c1-3-4-5-10-17-11-12-18-14-6-8-15(9-7-14)13(2)16/h14H,3-12H2,1-2H3. The molecule has 0 aromatic rings. The van der Waals surface area contributed by atoms with E-state index < -0.39 is 0 Å². The van der Waals surface area contributed by atoms with Gasteiger partial charge in [0.05, 0.1) is 19.3 Å². The minimum Gasteiger partial charge on any atom is -0.379 e. The second kappa shape index (κ2) is 9.34. The van der Waals surface area contributed by atoms with Crippen LogP contribution in [0.4, 0.5) is 0 Å². The summed E-state index contributed by atoms with van der Waals surface area (Å²) in [5.74, 6) is 0.174. The fourth-order valence-electron chi connectivity index (χ4n) is 2.17. The molecule has 1 aliphatic heterocycles. The summed E-state index contributed by atoms with van der Waals surface area (Å²) in [5.41, 5.74) is 0. The van der Waals surface area contributed by atoms with Gasteiger partial charge in [0.2, 0.25) is 5.91 Å². The van der Waals surface area contributed by atoms with E-state index >= 15 is 0 Å². The molecule has 0 spiro atoms. The maximum atomic E-state index is 11.2. The number of nitrogens with zero attached hydrogens (tertiary/aromatic N) is 1. The van der Waals surface area contributed by atoms with Crippen LogP contribution >= 0.6 is 0 Å². The van der Waals surface area contributed by atoms with Gasteiger partial charge in [-0.25, -0.2) is 0 Å². The first-order chi connectivity index (χ1) is 8.74. The molecule has 0 unspecified atom stereocenters. The first-order valence-corrected chi connectivity index (χ1v) is 7.19. The SMILES string of the molecule is CCCCCOCCOC1CCN(C(C)=O)CC1. The van der Waals surface area contributed by atoms with Crippen molar-refractivity contribution in [1.82, 2.24) is 4.90 Å². The van der Waals surface area contributed by atoms with Crippen molar-refractivity contribution in [3.8, 4) is 0 Å². The number of likely N-dealkylation sites (tertiary alicyclic amines) is 1. The molecule has 106 valence electrons. The van der Waals surface area contributed by atoms with Gasteiger partial charge in [-0.1, -0.05) is 19.8 Å². The maximum absolute atomic E-state index is 11.2. The highest BCUT2D eigenvalue weighted by atomic mass is 16.5. The van der Waals surface area contributed by atoms with Gasteiger partial charge in [-0.3, -0.25) is 4.79 Å². The lowest BCUT2D eigenvalue weighted by Gasteiger charge is -2.31.